The van der Waals surface area contributed by atoms with E-state index in [1.807, 2.05) is 0 Å². The molecule has 0 spiro atoms. The van der Waals surface area contributed by atoms with Gasteiger partial charge in [-0.2, -0.15) is 0 Å². The van der Waals surface area contributed by atoms with Gasteiger partial charge in [-0.15, -0.1) is 0 Å². The van der Waals surface area contributed by atoms with Gasteiger partial charge in [0.05, 0.1) is 10.5 Å². The molecule has 0 N–H and O–H groups in total. The predicted molar refractivity (Wildman–Crippen MR) is 121 cm³/mol. The highest BCUT2D eigenvalue weighted by Crippen LogP contribution is 2.27. The van der Waals surface area contributed by atoms with E-state index in [4.69, 9.17) is 18.0 Å². The zero-order valence-corrected chi connectivity index (χ0v) is 20.3. The first-order valence-corrected chi connectivity index (χ1v) is 12.9. The minimum Gasteiger partial charge on any atom is -0.458 e. The number of rotatable bonds is 17. The van der Waals surface area contributed by atoms with E-state index in [1.165, 1.54) is 12.5 Å². The Bertz CT molecular complexity index is 659. The molecule has 1 rings (SSSR count). The molecule has 0 amide bonds. The first-order valence-electron chi connectivity index (χ1n) is 11.0. The molecular weight excluding hydrogens is 418 g/mol. The Balaban J connectivity index is 2.12. The number of carbonyl (C=O) groups excluding carboxylic acids is 1. The van der Waals surface area contributed by atoms with Crippen molar-refractivity contribution in [3.63, 3.8) is 0 Å². The van der Waals surface area contributed by atoms with Gasteiger partial charge in [0.25, 0.3) is 5.69 Å². The Kier molecular flexibility index (Phi) is 13.2. The first kappa shape index (κ1) is 27.2. The van der Waals surface area contributed by atoms with E-state index in [2.05, 4.69) is 0 Å². The van der Waals surface area contributed by atoms with Crippen LogP contribution in [0.5, 0.6) is 0 Å². The van der Waals surface area contributed by atoms with Crippen LogP contribution < -0.4 is 0 Å². The van der Waals surface area contributed by atoms with Gasteiger partial charge in [-0.25, -0.2) is 0 Å². The molecule has 0 fully saturated rings. The molecule has 1 aromatic rings. The molecule has 1 atom stereocenters. The van der Waals surface area contributed by atoms with Gasteiger partial charge < -0.3 is 18.0 Å². The van der Waals surface area contributed by atoms with Crippen molar-refractivity contribution in [1.29, 1.82) is 0 Å². The van der Waals surface area contributed by atoms with Crippen LogP contribution in [0, 0.1) is 10.1 Å². The number of para-hydroxylation sites is 1. The van der Waals surface area contributed by atoms with E-state index < -0.39 is 19.8 Å². The molecule has 0 bridgehead atoms. The van der Waals surface area contributed by atoms with Crippen molar-refractivity contribution < 1.29 is 27.7 Å². The van der Waals surface area contributed by atoms with Gasteiger partial charge in [-0.3, -0.25) is 14.9 Å². The number of carbonyl (C=O) groups is 1. The van der Waals surface area contributed by atoms with Crippen molar-refractivity contribution in [2.75, 3.05) is 21.3 Å². The summed E-state index contributed by atoms with van der Waals surface area (Å²) in [6.45, 7) is 1.67. The monoisotopic (exact) mass is 455 g/mol. The fraction of sp³-hybridized carbons (Fsp3) is 0.682. The van der Waals surface area contributed by atoms with Gasteiger partial charge in [0.15, 0.2) is 0 Å². The third-order valence-electron chi connectivity index (χ3n) is 5.43. The molecule has 0 aliphatic heterocycles. The second kappa shape index (κ2) is 15.1. The summed E-state index contributed by atoms with van der Waals surface area (Å²) in [5.74, 6) is -0.312. The summed E-state index contributed by atoms with van der Waals surface area (Å²) in [6, 6.07) is 7.19. The highest BCUT2D eigenvalue weighted by molar-refractivity contribution is 6.60. The number of benzene rings is 1. The summed E-state index contributed by atoms with van der Waals surface area (Å²) in [7, 11) is 2.49. The zero-order chi connectivity index (χ0) is 23.1. The highest BCUT2D eigenvalue weighted by Gasteiger charge is 2.36. The van der Waals surface area contributed by atoms with Gasteiger partial charge in [0.2, 0.25) is 0 Å². The molecule has 0 radical (unpaired) electrons. The Labute approximate surface area is 186 Å². The van der Waals surface area contributed by atoms with E-state index in [-0.39, 0.29) is 11.7 Å². The lowest BCUT2D eigenvalue weighted by atomic mass is 10.1. The number of nitro benzene ring substituents is 1. The van der Waals surface area contributed by atoms with Crippen LogP contribution in [0.1, 0.15) is 76.4 Å². The fourth-order valence-electron chi connectivity index (χ4n) is 3.54. The van der Waals surface area contributed by atoms with Crippen LogP contribution in [0.15, 0.2) is 24.3 Å². The van der Waals surface area contributed by atoms with Crippen LogP contribution in [0.3, 0.4) is 0 Å². The summed E-state index contributed by atoms with van der Waals surface area (Å²) < 4.78 is 21.6. The van der Waals surface area contributed by atoms with Crippen LogP contribution >= 0.6 is 0 Å². The Morgan fingerprint density at radius 2 is 1.45 bits per heavy atom. The maximum Gasteiger partial charge on any atom is 0.500 e. The number of nitrogens with zero attached hydrogens (tertiary/aromatic N) is 1. The molecule has 0 aromatic heterocycles. The van der Waals surface area contributed by atoms with E-state index >= 15 is 0 Å². The van der Waals surface area contributed by atoms with Gasteiger partial charge >= 0.3 is 14.8 Å². The quantitative estimate of drug-likeness (QED) is 0.0993. The predicted octanol–water partition coefficient (Wildman–Crippen LogP) is 5.59. The van der Waals surface area contributed by atoms with Crippen LogP contribution in [-0.2, 0) is 22.8 Å². The Morgan fingerprint density at radius 1 is 0.935 bits per heavy atom. The lowest BCUT2D eigenvalue weighted by molar-refractivity contribution is -0.386. The second-order valence-corrected chi connectivity index (χ2v) is 10.7. The Morgan fingerprint density at radius 3 is 2.00 bits per heavy atom. The summed E-state index contributed by atoms with van der Waals surface area (Å²) in [5.41, 5.74) is 0.393. The maximum absolute atomic E-state index is 12.1. The highest BCUT2D eigenvalue weighted by atomic mass is 28.4. The normalized spacial score (nSPS) is 12.5. The third kappa shape index (κ3) is 9.90. The van der Waals surface area contributed by atoms with E-state index in [0.29, 0.717) is 12.0 Å². The summed E-state index contributed by atoms with van der Waals surface area (Å²) in [4.78, 5) is 22.7. The van der Waals surface area contributed by atoms with E-state index in [9.17, 15) is 14.9 Å². The van der Waals surface area contributed by atoms with Gasteiger partial charge in [0.1, 0.15) is 6.10 Å². The SMILES string of the molecule is CO[Si](CCCCCCCCCCC(=O)OC(C)c1ccccc1[N+](=O)[O-])(OC)OC. The molecule has 0 heterocycles. The largest absolute Gasteiger partial charge is 0.500 e. The van der Waals surface area contributed by atoms with Crippen LogP contribution in [0.2, 0.25) is 6.04 Å². The van der Waals surface area contributed by atoms with Crippen molar-refractivity contribution in [3.8, 4) is 0 Å². The van der Waals surface area contributed by atoms with E-state index in [1.54, 1.807) is 46.5 Å². The topological polar surface area (TPSA) is 97.1 Å². The fourth-order valence-corrected chi connectivity index (χ4v) is 5.34. The number of hydrogen-bond donors (Lipinski definition) is 0. The van der Waals surface area contributed by atoms with Crippen molar-refractivity contribution in [2.24, 2.45) is 0 Å². The van der Waals surface area contributed by atoms with Crippen LogP contribution in [-0.4, -0.2) is 41.0 Å². The zero-order valence-electron chi connectivity index (χ0n) is 19.3. The van der Waals surface area contributed by atoms with Crippen molar-refractivity contribution in [2.45, 2.75) is 76.9 Å². The van der Waals surface area contributed by atoms with Crippen molar-refractivity contribution >= 4 is 20.5 Å². The van der Waals surface area contributed by atoms with Crippen LogP contribution in [0.4, 0.5) is 5.69 Å². The molecule has 9 heteroatoms. The molecular formula is C22H37NO7Si. The molecule has 0 aliphatic rings. The molecule has 0 aliphatic carbocycles. The summed E-state index contributed by atoms with van der Waals surface area (Å²) in [6.07, 6.45) is 8.16. The van der Waals surface area contributed by atoms with Crippen molar-refractivity contribution in [3.05, 3.63) is 39.9 Å². The average molecular weight is 456 g/mol. The average Bonchev–Trinajstić information content (AvgIpc) is 2.78. The van der Waals surface area contributed by atoms with Crippen LogP contribution in [0.25, 0.3) is 0 Å². The Hall–Kier alpha value is -1.81. The second-order valence-electron chi connectivity index (χ2n) is 7.57. The summed E-state index contributed by atoms with van der Waals surface area (Å²) >= 11 is 0. The lowest BCUT2D eigenvalue weighted by Gasteiger charge is -2.24. The molecule has 8 nitrogen and oxygen atoms in total. The molecule has 31 heavy (non-hydrogen) atoms. The molecule has 0 saturated carbocycles. The van der Waals surface area contributed by atoms with Gasteiger partial charge in [0, 0.05) is 39.9 Å². The van der Waals surface area contributed by atoms with E-state index in [0.717, 1.165) is 51.0 Å². The molecule has 176 valence electrons. The number of unbranched alkanes of at least 4 members (excludes halogenated alkanes) is 7. The number of nitro groups is 1. The minimum absolute atomic E-state index is 0.0255. The molecule has 0 saturated heterocycles. The molecule has 1 unspecified atom stereocenters. The third-order valence-corrected chi connectivity index (χ3v) is 8.26. The first-order chi connectivity index (χ1) is 14.9. The van der Waals surface area contributed by atoms with Gasteiger partial charge in [-0.1, -0.05) is 50.7 Å². The lowest BCUT2D eigenvalue weighted by Crippen LogP contribution is -2.42. The number of ether oxygens (including phenoxy) is 1. The number of esters is 1. The standard InChI is InChI=1S/C22H37NO7Si/c1-19(20-15-12-13-16-21(20)23(25)26)30-22(24)17-11-9-7-5-6-8-10-14-18-31(27-2,28-3)29-4/h12-13,15-16,19H,5-11,14,17-18H2,1-4H3. The van der Waals surface area contributed by atoms with Crippen molar-refractivity contribution in [1.82, 2.24) is 0 Å². The smallest absolute Gasteiger partial charge is 0.458 e. The molecule has 1 aromatic carbocycles. The number of hydrogen-bond acceptors (Lipinski definition) is 7. The van der Waals surface area contributed by atoms with Gasteiger partial charge in [-0.05, 0) is 25.8 Å². The maximum atomic E-state index is 12.1. The summed E-state index contributed by atoms with van der Waals surface area (Å²) in [5, 5.41) is 11.1. The minimum atomic E-state index is -2.43.